The van der Waals surface area contributed by atoms with E-state index in [1.807, 2.05) is 13.1 Å². The van der Waals surface area contributed by atoms with Crippen molar-refractivity contribution < 1.29 is 4.79 Å². The van der Waals surface area contributed by atoms with Crippen LogP contribution in [-0.2, 0) is 17.8 Å². The molecule has 0 atom stereocenters. The Balaban J connectivity index is 1.54. The Kier molecular flexibility index (Phi) is 5.67. The maximum Gasteiger partial charge on any atom is 0.223 e. The normalized spacial score (nSPS) is 15.7. The van der Waals surface area contributed by atoms with Gasteiger partial charge in [-0.15, -0.1) is 0 Å². The first kappa shape index (κ1) is 19.6. The van der Waals surface area contributed by atoms with Crippen LogP contribution in [0.4, 0.5) is 0 Å². The van der Waals surface area contributed by atoms with E-state index in [2.05, 4.69) is 64.5 Å². The largest absolute Gasteiger partial charge is 0.354 e. The number of aromatic amines is 1. The fraction of sp³-hybridized carbons (Fsp3) is 0.417. The van der Waals surface area contributed by atoms with E-state index in [9.17, 15) is 4.79 Å². The molecule has 152 valence electrons. The number of fused-ring (bicyclic) bond motifs is 1. The van der Waals surface area contributed by atoms with Crippen molar-refractivity contribution in [3.8, 4) is 11.3 Å². The number of rotatable bonds is 5. The zero-order valence-electron chi connectivity index (χ0n) is 17.6. The van der Waals surface area contributed by atoms with Crippen molar-refractivity contribution in [3.63, 3.8) is 0 Å². The van der Waals surface area contributed by atoms with E-state index in [1.54, 1.807) is 0 Å². The molecule has 0 aliphatic carbocycles. The molecule has 0 radical (unpaired) electrons. The fourth-order valence-corrected chi connectivity index (χ4v) is 4.32. The van der Waals surface area contributed by atoms with Crippen molar-refractivity contribution in [2.45, 2.75) is 39.7 Å². The molecule has 1 fully saturated rings. The summed E-state index contributed by atoms with van der Waals surface area (Å²) in [6.07, 6.45) is 4.71. The zero-order chi connectivity index (χ0) is 20.4. The van der Waals surface area contributed by atoms with Crippen LogP contribution in [0.3, 0.4) is 0 Å². The van der Waals surface area contributed by atoms with E-state index in [4.69, 9.17) is 0 Å². The summed E-state index contributed by atoms with van der Waals surface area (Å²) in [6.45, 7) is 6.80. The second-order valence-corrected chi connectivity index (χ2v) is 8.19. The molecule has 0 unspecified atom stereocenters. The monoisotopic (exact) mass is 390 g/mol. The summed E-state index contributed by atoms with van der Waals surface area (Å²) in [5.74, 6) is 0.339. The minimum Gasteiger partial charge on any atom is -0.354 e. The first-order valence-electron chi connectivity index (χ1n) is 10.6. The Hall–Kier alpha value is -2.66. The quantitative estimate of drug-likeness (QED) is 0.691. The molecule has 2 aromatic heterocycles. The van der Waals surface area contributed by atoms with Crippen molar-refractivity contribution in [1.82, 2.24) is 20.2 Å². The molecule has 3 heterocycles. The maximum absolute atomic E-state index is 12.5. The van der Waals surface area contributed by atoms with E-state index in [-0.39, 0.29) is 11.8 Å². The molecule has 1 amide bonds. The lowest BCUT2D eigenvalue weighted by atomic mass is 9.96. The highest BCUT2D eigenvalue weighted by molar-refractivity contribution is 5.91. The third kappa shape index (κ3) is 4.20. The van der Waals surface area contributed by atoms with Gasteiger partial charge in [-0.25, -0.2) is 0 Å². The number of nitrogens with zero attached hydrogens (tertiary/aromatic N) is 2. The number of hydrogen-bond donors (Lipinski definition) is 2. The molecule has 3 aromatic rings. The van der Waals surface area contributed by atoms with E-state index in [0.717, 1.165) is 49.1 Å². The van der Waals surface area contributed by atoms with Crippen molar-refractivity contribution in [2.75, 3.05) is 20.1 Å². The van der Waals surface area contributed by atoms with Crippen LogP contribution in [0.2, 0.25) is 0 Å². The van der Waals surface area contributed by atoms with Gasteiger partial charge in [0, 0.05) is 46.5 Å². The van der Waals surface area contributed by atoms with Gasteiger partial charge >= 0.3 is 0 Å². The predicted octanol–water partition coefficient (Wildman–Crippen LogP) is 4.06. The van der Waals surface area contributed by atoms with Crippen molar-refractivity contribution >= 4 is 16.8 Å². The Bertz CT molecular complexity index is 1010. The minimum atomic E-state index is 0.148. The predicted molar refractivity (Wildman–Crippen MR) is 118 cm³/mol. The average molecular weight is 391 g/mol. The molecule has 0 bridgehead atoms. The van der Waals surface area contributed by atoms with Gasteiger partial charge in [0.1, 0.15) is 0 Å². The molecule has 5 nitrogen and oxygen atoms in total. The standard InChI is InChI=1S/C24H30N4O/c1-4-20-21-14-17(15-26-24(29)18-8-11-28(3)12-9-18)5-6-22(21)27-23(20)19-7-10-25-16(2)13-19/h5-7,10,13-14,18,27H,4,8-9,11-12,15H2,1-3H3,(H,26,29). The number of carbonyl (C=O) groups excluding carboxylic acids is 1. The van der Waals surface area contributed by atoms with Crippen LogP contribution in [0.15, 0.2) is 36.5 Å². The molecule has 1 aliphatic rings. The minimum absolute atomic E-state index is 0.148. The van der Waals surface area contributed by atoms with Gasteiger partial charge in [0.15, 0.2) is 0 Å². The number of pyridine rings is 1. The van der Waals surface area contributed by atoms with Gasteiger partial charge < -0.3 is 15.2 Å². The smallest absolute Gasteiger partial charge is 0.223 e. The van der Waals surface area contributed by atoms with Gasteiger partial charge in [-0.3, -0.25) is 9.78 Å². The first-order valence-corrected chi connectivity index (χ1v) is 10.6. The van der Waals surface area contributed by atoms with Gasteiger partial charge in [0.25, 0.3) is 0 Å². The number of piperidine rings is 1. The summed E-state index contributed by atoms with van der Waals surface area (Å²) in [6, 6.07) is 10.6. The summed E-state index contributed by atoms with van der Waals surface area (Å²) >= 11 is 0. The van der Waals surface area contributed by atoms with Crippen LogP contribution >= 0.6 is 0 Å². The van der Waals surface area contributed by atoms with E-state index in [0.29, 0.717) is 6.54 Å². The van der Waals surface area contributed by atoms with Crippen LogP contribution in [0.25, 0.3) is 22.2 Å². The topological polar surface area (TPSA) is 61.0 Å². The van der Waals surface area contributed by atoms with Crippen LogP contribution in [-0.4, -0.2) is 40.9 Å². The molecule has 2 N–H and O–H groups in total. The van der Waals surface area contributed by atoms with Gasteiger partial charge in [0.2, 0.25) is 5.91 Å². The highest BCUT2D eigenvalue weighted by atomic mass is 16.1. The molecular formula is C24H30N4O. The zero-order valence-corrected chi connectivity index (χ0v) is 17.6. The lowest BCUT2D eigenvalue weighted by Gasteiger charge is -2.28. The lowest BCUT2D eigenvalue weighted by Crippen LogP contribution is -2.38. The Morgan fingerprint density at radius 3 is 2.76 bits per heavy atom. The fourth-order valence-electron chi connectivity index (χ4n) is 4.32. The summed E-state index contributed by atoms with van der Waals surface area (Å²) in [5.41, 5.74) is 6.94. The second-order valence-electron chi connectivity index (χ2n) is 8.19. The SMILES string of the molecule is CCc1c(-c2ccnc(C)c2)[nH]c2ccc(CNC(=O)C3CCN(C)CC3)cc12. The molecule has 4 rings (SSSR count). The first-order chi connectivity index (χ1) is 14.0. The van der Waals surface area contributed by atoms with Gasteiger partial charge in [0.05, 0.1) is 0 Å². The molecule has 1 saturated heterocycles. The molecule has 0 spiro atoms. The van der Waals surface area contributed by atoms with E-state index >= 15 is 0 Å². The molecule has 0 saturated carbocycles. The number of H-pyrrole nitrogens is 1. The van der Waals surface area contributed by atoms with E-state index in [1.165, 1.54) is 22.2 Å². The third-order valence-corrected chi connectivity index (χ3v) is 6.07. The highest BCUT2D eigenvalue weighted by Gasteiger charge is 2.23. The van der Waals surface area contributed by atoms with Crippen LogP contribution in [0.1, 0.15) is 36.6 Å². The molecule has 29 heavy (non-hydrogen) atoms. The van der Waals surface area contributed by atoms with Crippen LogP contribution in [0, 0.1) is 12.8 Å². The highest BCUT2D eigenvalue weighted by Crippen LogP contribution is 2.31. The maximum atomic E-state index is 12.5. The number of hydrogen-bond acceptors (Lipinski definition) is 3. The van der Waals surface area contributed by atoms with Crippen LogP contribution < -0.4 is 5.32 Å². The van der Waals surface area contributed by atoms with Crippen molar-refractivity contribution in [1.29, 1.82) is 0 Å². The van der Waals surface area contributed by atoms with Crippen molar-refractivity contribution in [2.24, 2.45) is 5.92 Å². The van der Waals surface area contributed by atoms with Gasteiger partial charge in [-0.2, -0.15) is 0 Å². The van der Waals surface area contributed by atoms with E-state index < -0.39 is 0 Å². The van der Waals surface area contributed by atoms with Crippen molar-refractivity contribution in [3.05, 3.63) is 53.3 Å². The number of benzene rings is 1. The number of aromatic nitrogens is 2. The Morgan fingerprint density at radius 2 is 2.03 bits per heavy atom. The van der Waals surface area contributed by atoms with Crippen LogP contribution in [0.5, 0.6) is 0 Å². The summed E-state index contributed by atoms with van der Waals surface area (Å²) < 4.78 is 0. The third-order valence-electron chi connectivity index (χ3n) is 6.07. The summed E-state index contributed by atoms with van der Waals surface area (Å²) in [4.78, 5) is 22.7. The number of aryl methyl sites for hydroxylation is 2. The molecular weight excluding hydrogens is 360 g/mol. The number of likely N-dealkylation sites (tertiary alicyclic amines) is 1. The van der Waals surface area contributed by atoms with Gasteiger partial charge in [-0.05, 0) is 81.7 Å². The number of amides is 1. The Morgan fingerprint density at radius 1 is 1.24 bits per heavy atom. The molecule has 1 aromatic carbocycles. The number of carbonyl (C=O) groups is 1. The molecule has 1 aliphatic heterocycles. The second kappa shape index (κ2) is 8.37. The number of nitrogens with one attached hydrogen (secondary N) is 2. The lowest BCUT2D eigenvalue weighted by molar-refractivity contribution is -0.126. The average Bonchev–Trinajstić information content (AvgIpc) is 3.10. The Labute approximate surface area is 172 Å². The summed E-state index contributed by atoms with van der Waals surface area (Å²) in [5, 5.41) is 4.39. The summed E-state index contributed by atoms with van der Waals surface area (Å²) in [7, 11) is 2.12. The van der Waals surface area contributed by atoms with Gasteiger partial charge in [-0.1, -0.05) is 13.0 Å². The molecule has 5 heteroatoms.